The maximum atomic E-state index is 12.4. The molecule has 0 radical (unpaired) electrons. The number of amides is 1. The van der Waals surface area contributed by atoms with E-state index in [1.165, 1.54) is 18.2 Å². The molecule has 0 aliphatic rings. The molecule has 0 spiro atoms. The zero-order valence-electron chi connectivity index (χ0n) is 9.48. The van der Waals surface area contributed by atoms with Gasteiger partial charge in [-0.3, -0.25) is 4.79 Å². The molecular weight excluding hydrogens is 261 g/mol. The third-order valence-electron chi connectivity index (χ3n) is 2.47. The Kier molecular flexibility index (Phi) is 2.93. The predicted octanol–water partition coefficient (Wildman–Crippen LogP) is 1.57. The van der Waals surface area contributed by atoms with Gasteiger partial charge in [0, 0.05) is 11.8 Å². The van der Waals surface area contributed by atoms with Gasteiger partial charge in [-0.05, 0) is 18.2 Å². The van der Waals surface area contributed by atoms with Crippen LogP contribution in [0.15, 0.2) is 30.6 Å². The second-order valence-electron chi connectivity index (χ2n) is 3.81. The van der Waals surface area contributed by atoms with Crippen molar-refractivity contribution in [2.45, 2.75) is 6.18 Å². The van der Waals surface area contributed by atoms with Crippen molar-refractivity contribution in [1.29, 1.82) is 0 Å². The van der Waals surface area contributed by atoms with Crippen LogP contribution in [-0.4, -0.2) is 15.7 Å². The molecule has 2 aromatic rings. The minimum atomic E-state index is -4.47. The van der Waals surface area contributed by atoms with Gasteiger partial charge < -0.3 is 11.5 Å². The van der Waals surface area contributed by atoms with Crippen LogP contribution in [0.3, 0.4) is 0 Å². The first kappa shape index (κ1) is 12.9. The Morgan fingerprint density at radius 1 is 1.32 bits per heavy atom. The van der Waals surface area contributed by atoms with Gasteiger partial charge in [-0.2, -0.15) is 18.3 Å². The number of halogens is 3. The van der Waals surface area contributed by atoms with Crippen LogP contribution >= 0.6 is 0 Å². The van der Waals surface area contributed by atoms with E-state index in [-0.39, 0.29) is 16.9 Å². The molecule has 100 valence electrons. The van der Waals surface area contributed by atoms with Crippen molar-refractivity contribution in [3.63, 3.8) is 0 Å². The summed E-state index contributed by atoms with van der Waals surface area (Å²) in [6.07, 6.45) is -2.96. The number of benzene rings is 1. The minimum absolute atomic E-state index is 0.105. The Labute approximate surface area is 105 Å². The van der Waals surface area contributed by atoms with Crippen molar-refractivity contribution in [3.05, 3.63) is 41.7 Å². The van der Waals surface area contributed by atoms with Gasteiger partial charge in [-0.1, -0.05) is 0 Å². The molecule has 5 nitrogen and oxygen atoms in total. The molecule has 0 unspecified atom stereocenters. The van der Waals surface area contributed by atoms with Crippen LogP contribution in [0.2, 0.25) is 0 Å². The molecule has 1 heterocycles. The summed E-state index contributed by atoms with van der Waals surface area (Å²) >= 11 is 0. The highest BCUT2D eigenvalue weighted by atomic mass is 19.4. The molecule has 1 aromatic heterocycles. The highest BCUT2D eigenvalue weighted by molar-refractivity contribution is 5.94. The average molecular weight is 270 g/mol. The first-order chi connectivity index (χ1) is 8.79. The number of hydrogen-bond donors (Lipinski definition) is 2. The molecule has 8 heteroatoms. The standard InChI is InChI=1S/C11H9F3N4O/c12-11(13,14)7-4-17-18(5-7)9-2-1-6(10(16)19)3-8(9)15/h1-5H,15H2,(H2,16,19). The number of carbonyl (C=O) groups excluding carboxylic acids is 1. The number of rotatable bonds is 2. The SMILES string of the molecule is NC(=O)c1ccc(-n2cc(C(F)(F)F)cn2)c(N)c1. The van der Waals surface area contributed by atoms with Gasteiger partial charge >= 0.3 is 6.18 Å². The van der Waals surface area contributed by atoms with Crippen molar-refractivity contribution in [2.75, 3.05) is 5.73 Å². The van der Waals surface area contributed by atoms with Crippen LogP contribution in [-0.2, 0) is 6.18 Å². The van der Waals surface area contributed by atoms with Crippen molar-refractivity contribution in [3.8, 4) is 5.69 Å². The van der Waals surface area contributed by atoms with Gasteiger partial charge in [0.05, 0.1) is 23.1 Å². The van der Waals surface area contributed by atoms with E-state index in [0.717, 1.165) is 10.9 Å². The van der Waals surface area contributed by atoms with E-state index in [2.05, 4.69) is 5.10 Å². The second-order valence-corrected chi connectivity index (χ2v) is 3.81. The summed E-state index contributed by atoms with van der Waals surface area (Å²) < 4.78 is 38.3. The van der Waals surface area contributed by atoms with E-state index in [4.69, 9.17) is 11.5 Å². The summed E-state index contributed by atoms with van der Waals surface area (Å²) in [7, 11) is 0. The Morgan fingerprint density at radius 3 is 2.47 bits per heavy atom. The Bertz CT molecular complexity index is 633. The number of alkyl halides is 3. The summed E-state index contributed by atoms with van der Waals surface area (Å²) in [6, 6.07) is 4.03. The first-order valence-corrected chi connectivity index (χ1v) is 5.10. The van der Waals surface area contributed by atoms with Crippen molar-refractivity contribution in [1.82, 2.24) is 9.78 Å². The second kappa shape index (κ2) is 4.30. The summed E-state index contributed by atoms with van der Waals surface area (Å²) in [4.78, 5) is 10.9. The molecule has 19 heavy (non-hydrogen) atoms. The van der Waals surface area contributed by atoms with Crippen LogP contribution in [0.4, 0.5) is 18.9 Å². The summed E-state index contributed by atoms with van der Waals surface area (Å²) in [6.45, 7) is 0. The molecule has 0 bridgehead atoms. The molecule has 4 N–H and O–H groups in total. The highest BCUT2D eigenvalue weighted by Crippen LogP contribution is 2.29. The number of nitrogens with zero attached hydrogens (tertiary/aromatic N) is 2. The fraction of sp³-hybridized carbons (Fsp3) is 0.0909. The van der Waals surface area contributed by atoms with Gasteiger partial charge in [0.25, 0.3) is 0 Å². The molecule has 0 aliphatic heterocycles. The maximum Gasteiger partial charge on any atom is 0.419 e. The zero-order valence-corrected chi connectivity index (χ0v) is 9.48. The van der Waals surface area contributed by atoms with Crippen LogP contribution in [0.25, 0.3) is 5.69 Å². The molecule has 0 saturated carbocycles. The number of primary amides is 1. The molecular formula is C11H9F3N4O. The van der Waals surface area contributed by atoms with E-state index < -0.39 is 17.6 Å². The lowest BCUT2D eigenvalue weighted by Gasteiger charge is -2.07. The van der Waals surface area contributed by atoms with E-state index >= 15 is 0 Å². The van der Waals surface area contributed by atoms with Crippen LogP contribution < -0.4 is 11.5 Å². The molecule has 1 aromatic carbocycles. The lowest BCUT2D eigenvalue weighted by Crippen LogP contribution is -2.12. The first-order valence-electron chi connectivity index (χ1n) is 5.10. The predicted molar refractivity (Wildman–Crippen MR) is 61.5 cm³/mol. The molecule has 0 atom stereocenters. The lowest BCUT2D eigenvalue weighted by atomic mass is 10.1. The minimum Gasteiger partial charge on any atom is -0.397 e. The van der Waals surface area contributed by atoms with E-state index in [1.54, 1.807) is 0 Å². The molecule has 0 aliphatic carbocycles. The molecule has 2 rings (SSSR count). The zero-order chi connectivity index (χ0) is 14.2. The topological polar surface area (TPSA) is 86.9 Å². The van der Waals surface area contributed by atoms with Gasteiger partial charge in [0.15, 0.2) is 0 Å². The number of aromatic nitrogens is 2. The van der Waals surface area contributed by atoms with Crippen LogP contribution in [0.1, 0.15) is 15.9 Å². The lowest BCUT2D eigenvalue weighted by molar-refractivity contribution is -0.137. The Balaban J connectivity index is 2.43. The van der Waals surface area contributed by atoms with Crippen LogP contribution in [0.5, 0.6) is 0 Å². The largest absolute Gasteiger partial charge is 0.419 e. The smallest absolute Gasteiger partial charge is 0.397 e. The normalized spacial score (nSPS) is 11.5. The van der Waals surface area contributed by atoms with Gasteiger partial charge in [-0.15, -0.1) is 0 Å². The van der Waals surface area contributed by atoms with Crippen molar-refractivity contribution >= 4 is 11.6 Å². The molecule has 1 amide bonds. The van der Waals surface area contributed by atoms with E-state index in [9.17, 15) is 18.0 Å². The molecule has 0 saturated heterocycles. The number of carbonyl (C=O) groups is 1. The van der Waals surface area contributed by atoms with Gasteiger partial charge in [0.1, 0.15) is 0 Å². The molecule has 0 fully saturated rings. The van der Waals surface area contributed by atoms with Gasteiger partial charge in [0.2, 0.25) is 5.91 Å². The third kappa shape index (κ3) is 2.51. The number of nitrogen functional groups attached to an aromatic ring is 1. The summed E-state index contributed by atoms with van der Waals surface area (Å²) in [5.74, 6) is -0.672. The Morgan fingerprint density at radius 2 is 2.00 bits per heavy atom. The maximum absolute atomic E-state index is 12.4. The van der Waals surface area contributed by atoms with Crippen molar-refractivity contribution < 1.29 is 18.0 Å². The summed E-state index contributed by atoms with van der Waals surface area (Å²) in [5.41, 5.74) is 10.4. The number of anilines is 1. The third-order valence-corrected chi connectivity index (χ3v) is 2.47. The number of hydrogen-bond acceptors (Lipinski definition) is 3. The fourth-order valence-electron chi connectivity index (χ4n) is 1.52. The average Bonchev–Trinajstić information content (AvgIpc) is 2.77. The van der Waals surface area contributed by atoms with E-state index in [0.29, 0.717) is 6.20 Å². The van der Waals surface area contributed by atoms with Crippen LogP contribution in [0, 0.1) is 0 Å². The Hall–Kier alpha value is -2.51. The summed E-state index contributed by atoms with van der Waals surface area (Å²) in [5, 5.41) is 3.59. The quantitative estimate of drug-likeness (QED) is 0.812. The number of nitrogens with two attached hydrogens (primary N) is 2. The van der Waals surface area contributed by atoms with Crippen molar-refractivity contribution in [2.24, 2.45) is 5.73 Å². The van der Waals surface area contributed by atoms with E-state index in [1.807, 2.05) is 0 Å². The monoisotopic (exact) mass is 270 g/mol. The van der Waals surface area contributed by atoms with Gasteiger partial charge in [-0.25, -0.2) is 4.68 Å². The highest BCUT2D eigenvalue weighted by Gasteiger charge is 2.32. The fourth-order valence-corrected chi connectivity index (χ4v) is 1.52.